The van der Waals surface area contributed by atoms with Crippen LogP contribution in [0.3, 0.4) is 0 Å². The molecule has 0 bridgehead atoms. The number of likely N-dealkylation sites (tertiary alicyclic amines) is 1. The Morgan fingerprint density at radius 2 is 1.94 bits per heavy atom. The van der Waals surface area contributed by atoms with Crippen molar-refractivity contribution in [2.45, 2.75) is 62.3 Å². The molecular formula is C13H22N2O2S. The Morgan fingerprint density at radius 3 is 2.61 bits per heavy atom. The van der Waals surface area contributed by atoms with Crippen molar-refractivity contribution >= 4 is 9.84 Å². The normalized spacial score (nSPS) is 35.0. The second-order valence-corrected chi connectivity index (χ2v) is 7.98. The van der Waals surface area contributed by atoms with Crippen molar-refractivity contribution in [3.63, 3.8) is 0 Å². The molecule has 102 valence electrons. The van der Waals surface area contributed by atoms with Gasteiger partial charge in [0.15, 0.2) is 0 Å². The highest BCUT2D eigenvalue weighted by Crippen LogP contribution is 2.31. The molecule has 4 nitrogen and oxygen atoms in total. The van der Waals surface area contributed by atoms with E-state index >= 15 is 0 Å². The van der Waals surface area contributed by atoms with Crippen molar-refractivity contribution in [1.29, 1.82) is 5.26 Å². The van der Waals surface area contributed by atoms with Gasteiger partial charge in [0.2, 0.25) is 0 Å². The quantitative estimate of drug-likeness (QED) is 0.766. The summed E-state index contributed by atoms with van der Waals surface area (Å²) in [6.45, 7) is 0.958. The number of nitriles is 1. The Hall–Kier alpha value is -0.600. The molecule has 0 aromatic heterocycles. The predicted octanol–water partition coefficient (Wildman–Crippen LogP) is 1.72. The number of hydrogen-bond donors (Lipinski definition) is 0. The van der Waals surface area contributed by atoms with Crippen LogP contribution >= 0.6 is 0 Å². The molecule has 2 rings (SSSR count). The van der Waals surface area contributed by atoms with Gasteiger partial charge in [-0.05, 0) is 45.1 Å². The first-order valence-electron chi connectivity index (χ1n) is 6.86. The fourth-order valence-corrected chi connectivity index (χ4v) is 4.51. The topological polar surface area (TPSA) is 61.2 Å². The summed E-state index contributed by atoms with van der Waals surface area (Å²) in [4.78, 5) is 2.26. The van der Waals surface area contributed by atoms with E-state index in [1.165, 1.54) is 6.26 Å². The molecule has 0 spiro atoms. The van der Waals surface area contributed by atoms with E-state index in [-0.39, 0.29) is 11.3 Å². The standard InChI is InChI=1S/C13H22N2O2S/c1-18(16,17)13-7-4-6-11(9-13)15-8-3-2-5-12(15)10-14/h11-13H,2-9H2,1H3. The summed E-state index contributed by atoms with van der Waals surface area (Å²) in [6.07, 6.45) is 8.07. The van der Waals surface area contributed by atoms with Crippen LogP contribution in [0.2, 0.25) is 0 Å². The van der Waals surface area contributed by atoms with Gasteiger partial charge in [0.25, 0.3) is 0 Å². The maximum Gasteiger partial charge on any atom is 0.150 e. The second-order valence-electron chi connectivity index (χ2n) is 5.65. The molecule has 0 aromatic carbocycles. The fraction of sp³-hybridized carbons (Fsp3) is 0.923. The molecule has 0 aromatic rings. The van der Waals surface area contributed by atoms with Gasteiger partial charge >= 0.3 is 0 Å². The summed E-state index contributed by atoms with van der Waals surface area (Å²) < 4.78 is 23.4. The zero-order valence-corrected chi connectivity index (χ0v) is 11.8. The van der Waals surface area contributed by atoms with Crippen LogP contribution in [-0.4, -0.2) is 43.5 Å². The summed E-state index contributed by atoms with van der Waals surface area (Å²) in [7, 11) is -2.93. The second kappa shape index (κ2) is 5.58. The van der Waals surface area contributed by atoms with E-state index in [2.05, 4.69) is 11.0 Å². The summed E-state index contributed by atoms with van der Waals surface area (Å²) in [5.41, 5.74) is 0. The largest absolute Gasteiger partial charge is 0.285 e. The molecule has 1 saturated heterocycles. The summed E-state index contributed by atoms with van der Waals surface area (Å²) in [5, 5.41) is 9.01. The minimum Gasteiger partial charge on any atom is -0.285 e. The number of piperidine rings is 1. The lowest BCUT2D eigenvalue weighted by molar-refractivity contribution is 0.0998. The molecule has 0 radical (unpaired) electrons. The SMILES string of the molecule is CS(=O)(=O)C1CCCC(N2CCCCC2C#N)C1. The lowest BCUT2D eigenvalue weighted by atomic mass is 9.90. The third-order valence-corrected chi connectivity index (χ3v) is 6.01. The van der Waals surface area contributed by atoms with Gasteiger partial charge < -0.3 is 0 Å². The molecule has 1 aliphatic carbocycles. The molecular weight excluding hydrogens is 248 g/mol. The average molecular weight is 270 g/mol. The van der Waals surface area contributed by atoms with Crippen LogP contribution in [0.15, 0.2) is 0 Å². The van der Waals surface area contributed by atoms with Gasteiger partial charge in [-0.2, -0.15) is 5.26 Å². The van der Waals surface area contributed by atoms with Crippen molar-refractivity contribution in [2.24, 2.45) is 0 Å². The Labute approximate surface area is 110 Å². The molecule has 1 heterocycles. The van der Waals surface area contributed by atoms with Crippen molar-refractivity contribution < 1.29 is 8.42 Å². The van der Waals surface area contributed by atoms with Gasteiger partial charge in [-0.1, -0.05) is 6.42 Å². The Morgan fingerprint density at radius 1 is 1.17 bits per heavy atom. The Balaban J connectivity index is 2.06. The van der Waals surface area contributed by atoms with E-state index in [0.717, 1.165) is 51.5 Å². The van der Waals surface area contributed by atoms with Crippen molar-refractivity contribution in [1.82, 2.24) is 4.90 Å². The van der Waals surface area contributed by atoms with Gasteiger partial charge in [-0.15, -0.1) is 0 Å². The van der Waals surface area contributed by atoms with Crippen molar-refractivity contribution in [3.05, 3.63) is 0 Å². The fourth-order valence-electron chi connectivity index (χ4n) is 3.34. The summed E-state index contributed by atoms with van der Waals surface area (Å²) >= 11 is 0. The number of sulfone groups is 1. The Kier molecular flexibility index (Phi) is 4.29. The first-order chi connectivity index (χ1) is 8.52. The third-order valence-electron chi connectivity index (χ3n) is 4.37. The van der Waals surface area contributed by atoms with E-state index in [1.54, 1.807) is 0 Å². The lowest BCUT2D eigenvalue weighted by Crippen LogP contribution is -2.49. The first-order valence-corrected chi connectivity index (χ1v) is 8.82. The third kappa shape index (κ3) is 3.04. The van der Waals surface area contributed by atoms with E-state index in [1.807, 2.05) is 0 Å². The van der Waals surface area contributed by atoms with E-state index < -0.39 is 9.84 Å². The molecule has 5 heteroatoms. The zero-order chi connectivity index (χ0) is 13.2. The molecule has 0 amide bonds. The molecule has 1 saturated carbocycles. The average Bonchev–Trinajstić information content (AvgIpc) is 2.38. The van der Waals surface area contributed by atoms with E-state index in [9.17, 15) is 13.7 Å². The smallest absolute Gasteiger partial charge is 0.150 e. The Bertz CT molecular complexity index is 427. The minimum absolute atomic E-state index is 0.00191. The van der Waals surface area contributed by atoms with Crippen LogP contribution in [0.4, 0.5) is 0 Å². The lowest BCUT2D eigenvalue weighted by Gasteiger charge is -2.41. The van der Waals surface area contributed by atoms with E-state index in [4.69, 9.17) is 0 Å². The summed E-state index contributed by atoms with van der Waals surface area (Å²) in [6, 6.07) is 2.68. The number of nitrogens with zero attached hydrogens (tertiary/aromatic N) is 2. The zero-order valence-electron chi connectivity index (χ0n) is 11.0. The molecule has 3 unspecified atom stereocenters. The molecule has 2 aliphatic rings. The highest BCUT2D eigenvalue weighted by atomic mass is 32.2. The van der Waals surface area contributed by atoms with Crippen LogP contribution in [0.5, 0.6) is 0 Å². The first kappa shape index (κ1) is 13.8. The predicted molar refractivity (Wildman–Crippen MR) is 70.8 cm³/mol. The van der Waals surface area contributed by atoms with Crippen LogP contribution < -0.4 is 0 Å². The van der Waals surface area contributed by atoms with Gasteiger partial charge in [0.1, 0.15) is 9.84 Å². The number of hydrogen-bond acceptors (Lipinski definition) is 4. The van der Waals surface area contributed by atoms with Crippen LogP contribution in [0.25, 0.3) is 0 Å². The molecule has 18 heavy (non-hydrogen) atoms. The maximum absolute atomic E-state index is 11.7. The highest BCUT2D eigenvalue weighted by Gasteiger charge is 2.35. The van der Waals surface area contributed by atoms with Crippen LogP contribution in [0.1, 0.15) is 44.9 Å². The van der Waals surface area contributed by atoms with Crippen LogP contribution in [-0.2, 0) is 9.84 Å². The summed E-state index contributed by atoms with van der Waals surface area (Å²) in [5.74, 6) is 0. The number of rotatable bonds is 2. The molecule has 3 atom stereocenters. The van der Waals surface area contributed by atoms with Crippen LogP contribution in [0, 0.1) is 11.3 Å². The molecule has 2 fully saturated rings. The monoisotopic (exact) mass is 270 g/mol. The van der Waals surface area contributed by atoms with Gasteiger partial charge in [0, 0.05) is 12.3 Å². The maximum atomic E-state index is 11.7. The molecule has 0 N–H and O–H groups in total. The van der Waals surface area contributed by atoms with E-state index in [0.29, 0.717) is 6.04 Å². The van der Waals surface area contributed by atoms with Crippen molar-refractivity contribution in [2.75, 3.05) is 12.8 Å². The van der Waals surface area contributed by atoms with Gasteiger partial charge in [-0.25, -0.2) is 8.42 Å². The molecule has 1 aliphatic heterocycles. The minimum atomic E-state index is -2.93. The van der Waals surface area contributed by atoms with Gasteiger partial charge in [0.05, 0.1) is 17.4 Å². The highest BCUT2D eigenvalue weighted by molar-refractivity contribution is 7.91. The van der Waals surface area contributed by atoms with Crippen molar-refractivity contribution in [3.8, 4) is 6.07 Å². The van der Waals surface area contributed by atoms with Gasteiger partial charge in [-0.3, -0.25) is 4.90 Å².